The third-order valence-electron chi connectivity index (χ3n) is 2.53. The van der Waals surface area contributed by atoms with Crippen molar-refractivity contribution < 1.29 is 14.7 Å². The zero-order chi connectivity index (χ0) is 14.0. The van der Waals surface area contributed by atoms with E-state index in [0.717, 1.165) is 0 Å². The summed E-state index contributed by atoms with van der Waals surface area (Å²) in [4.78, 5) is 21.8. The lowest BCUT2D eigenvalue weighted by Gasteiger charge is -2.05. The first-order valence-electron chi connectivity index (χ1n) is 5.52. The number of aromatic carboxylic acids is 1. The van der Waals surface area contributed by atoms with E-state index in [2.05, 4.69) is 15.6 Å². The van der Waals surface area contributed by atoms with E-state index in [4.69, 9.17) is 5.11 Å². The molecule has 0 saturated carbocycles. The smallest absolute Gasteiger partial charge is 0.358 e. The van der Waals surface area contributed by atoms with Gasteiger partial charge in [0.2, 0.25) is 5.91 Å². The molecule has 0 fully saturated rings. The second kappa shape index (κ2) is 4.89. The molecule has 1 aromatic heterocycles. The van der Waals surface area contributed by atoms with Crippen LogP contribution < -0.4 is 5.32 Å². The summed E-state index contributed by atoms with van der Waals surface area (Å²) >= 11 is 0. The Morgan fingerprint density at radius 3 is 2.37 bits per heavy atom. The van der Waals surface area contributed by atoms with Gasteiger partial charge in [-0.05, 0) is 31.2 Å². The van der Waals surface area contributed by atoms with Gasteiger partial charge >= 0.3 is 5.97 Å². The first-order chi connectivity index (χ1) is 8.99. The van der Waals surface area contributed by atoms with Gasteiger partial charge in [-0.15, -0.1) is 5.10 Å². The van der Waals surface area contributed by atoms with Gasteiger partial charge in [-0.3, -0.25) is 4.79 Å². The van der Waals surface area contributed by atoms with E-state index in [9.17, 15) is 9.59 Å². The van der Waals surface area contributed by atoms with E-state index in [1.165, 1.54) is 11.6 Å². The molecule has 1 aromatic carbocycles. The van der Waals surface area contributed by atoms with Gasteiger partial charge in [0.25, 0.3) is 0 Å². The van der Waals surface area contributed by atoms with Crippen LogP contribution in [-0.2, 0) is 4.79 Å². The second-order valence-corrected chi connectivity index (χ2v) is 3.97. The van der Waals surface area contributed by atoms with Crippen molar-refractivity contribution in [2.24, 2.45) is 0 Å². The fraction of sp³-hybridized carbons (Fsp3) is 0.167. The average Bonchev–Trinajstić information content (AvgIpc) is 2.71. The highest BCUT2D eigenvalue weighted by atomic mass is 16.4. The van der Waals surface area contributed by atoms with Gasteiger partial charge in [0.15, 0.2) is 5.69 Å². The van der Waals surface area contributed by atoms with E-state index in [1.54, 1.807) is 31.2 Å². The molecule has 0 aliphatic rings. The Labute approximate surface area is 108 Å². The molecule has 1 amide bonds. The van der Waals surface area contributed by atoms with Crippen molar-refractivity contribution in [1.29, 1.82) is 0 Å². The molecule has 98 valence electrons. The van der Waals surface area contributed by atoms with E-state index < -0.39 is 5.97 Å². The van der Waals surface area contributed by atoms with Crippen molar-refractivity contribution in [3.8, 4) is 5.69 Å². The molecule has 7 heteroatoms. The van der Waals surface area contributed by atoms with Crippen molar-refractivity contribution in [3.63, 3.8) is 0 Å². The number of hydrogen-bond donors (Lipinski definition) is 2. The third-order valence-corrected chi connectivity index (χ3v) is 2.53. The van der Waals surface area contributed by atoms with Crippen molar-refractivity contribution >= 4 is 17.6 Å². The van der Waals surface area contributed by atoms with E-state index in [0.29, 0.717) is 17.1 Å². The first-order valence-corrected chi connectivity index (χ1v) is 5.52. The Morgan fingerprint density at radius 1 is 1.26 bits per heavy atom. The number of carbonyl (C=O) groups excluding carboxylic acids is 1. The van der Waals surface area contributed by atoms with Crippen molar-refractivity contribution in [3.05, 3.63) is 35.7 Å². The Balaban J connectivity index is 2.32. The van der Waals surface area contributed by atoms with Gasteiger partial charge in [0.1, 0.15) is 0 Å². The lowest BCUT2D eigenvalue weighted by Crippen LogP contribution is -2.06. The first kappa shape index (κ1) is 12.7. The summed E-state index contributed by atoms with van der Waals surface area (Å²) < 4.78 is 1.43. The Kier molecular flexibility index (Phi) is 3.28. The lowest BCUT2D eigenvalue weighted by atomic mass is 10.2. The number of carboxylic acid groups (broad SMARTS) is 1. The van der Waals surface area contributed by atoms with Crippen molar-refractivity contribution in [1.82, 2.24) is 15.0 Å². The van der Waals surface area contributed by atoms with Crippen LogP contribution in [0.5, 0.6) is 0 Å². The molecular formula is C12H12N4O3. The topological polar surface area (TPSA) is 97.1 Å². The van der Waals surface area contributed by atoms with E-state index >= 15 is 0 Å². The van der Waals surface area contributed by atoms with Gasteiger partial charge in [-0.2, -0.15) is 0 Å². The SMILES string of the molecule is CC(=O)Nc1ccc(-n2nnc(C(=O)O)c2C)cc1. The Bertz CT molecular complexity index is 631. The summed E-state index contributed by atoms with van der Waals surface area (Å²) in [5, 5.41) is 19.0. The monoisotopic (exact) mass is 260 g/mol. The van der Waals surface area contributed by atoms with Crippen LogP contribution in [0, 0.1) is 6.92 Å². The molecule has 0 saturated heterocycles. The molecule has 2 aromatic rings. The summed E-state index contributed by atoms with van der Waals surface area (Å²) in [6, 6.07) is 6.85. The van der Waals surface area contributed by atoms with Gasteiger partial charge in [0, 0.05) is 12.6 Å². The molecule has 7 nitrogen and oxygen atoms in total. The van der Waals surface area contributed by atoms with Crippen molar-refractivity contribution in [2.75, 3.05) is 5.32 Å². The molecule has 0 bridgehead atoms. The lowest BCUT2D eigenvalue weighted by molar-refractivity contribution is -0.114. The minimum Gasteiger partial charge on any atom is -0.476 e. The summed E-state index contributed by atoms with van der Waals surface area (Å²) in [5.41, 5.74) is 1.70. The minimum absolute atomic E-state index is 0.0778. The van der Waals surface area contributed by atoms with Crippen LogP contribution in [0.3, 0.4) is 0 Å². The summed E-state index contributed by atoms with van der Waals surface area (Å²) in [6.45, 7) is 3.06. The van der Waals surface area contributed by atoms with E-state index in [1.807, 2.05) is 0 Å². The normalized spacial score (nSPS) is 10.2. The highest BCUT2D eigenvalue weighted by Crippen LogP contribution is 2.15. The van der Waals surface area contributed by atoms with Gasteiger partial charge in [-0.25, -0.2) is 9.48 Å². The number of carboxylic acids is 1. The second-order valence-electron chi connectivity index (χ2n) is 3.97. The number of hydrogen-bond acceptors (Lipinski definition) is 4. The largest absolute Gasteiger partial charge is 0.476 e. The van der Waals surface area contributed by atoms with E-state index in [-0.39, 0.29) is 11.6 Å². The Hall–Kier alpha value is -2.70. The molecule has 19 heavy (non-hydrogen) atoms. The molecule has 0 aliphatic heterocycles. The van der Waals surface area contributed by atoms with Crippen LogP contribution in [0.2, 0.25) is 0 Å². The molecule has 0 spiro atoms. The predicted octanol–water partition coefficient (Wildman–Crippen LogP) is 1.23. The quantitative estimate of drug-likeness (QED) is 0.865. The molecule has 2 N–H and O–H groups in total. The van der Waals surface area contributed by atoms with Gasteiger partial charge in [0.05, 0.1) is 11.4 Å². The molecule has 0 atom stereocenters. The predicted molar refractivity (Wildman–Crippen MR) is 67.4 cm³/mol. The van der Waals surface area contributed by atoms with Crippen LogP contribution >= 0.6 is 0 Å². The number of amides is 1. The standard InChI is InChI=1S/C12H12N4O3/c1-7-11(12(18)19)14-15-16(7)10-5-3-9(4-6-10)13-8(2)17/h3-6H,1-2H3,(H,13,17)(H,18,19). The number of anilines is 1. The third kappa shape index (κ3) is 2.59. The molecule has 2 rings (SSSR count). The maximum atomic E-state index is 10.9. The van der Waals surface area contributed by atoms with Crippen LogP contribution in [-0.4, -0.2) is 32.0 Å². The minimum atomic E-state index is -1.11. The number of aromatic nitrogens is 3. The summed E-state index contributed by atoms with van der Waals surface area (Å²) in [6.07, 6.45) is 0. The van der Waals surface area contributed by atoms with Crippen LogP contribution in [0.1, 0.15) is 23.1 Å². The van der Waals surface area contributed by atoms with Crippen LogP contribution in [0.15, 0.2) is 24.3 Å². The van der Waals surface area contributed by atoms with Gasteiger partial charge in [-0.1, -0.05) is 5.21 Å². The summed E-state index contributed by atoms with van der Waals surface area (Å²) in [7, 11) is 0. The zero-order valence-electron chi connectivity index (χ0n) is 10.4. The number of nitrogens with one attached hydrogen (secondary N) is 1. The number of carbonyl (C=O) groups is 2. The zero-order valence-corrected chi connectivity index (χ0v) is 10.4. The molecule has 1 heterocycles. The highest BCUT2D eigenvalue weighted by molar-refractivity contribution is 5.88. The van der Waals surface area contributed by atoms with Gasteiger partial charge < -0.3 is 10.4 Å². The number of rotatable bonds is 3. The molecule has 0 unspecified atom stereocenters. The molecular weight excluding hydrogens is 248 g/mol. The fourth-order valence-electron chi connectivity index (χ4n) is 1.66. The number of nitrogens with zero attached hydrogens (tertiary/aromatic N) is 3. The maximum absolute atomic E-state index is 10.9. The molecule has 0 aliphatic carbocycles. The maximum Gasteiger partial charge on any atom is 0.358 e. The molecule has 0 radical (unpaired) electrons. The average molecular weight is 260 g/mol. The fourth-order valence-corrected chi connectivity index (χ4v) is 1.66. The summed E-state index contributed by atoms with van der Waals surface area (Å²) in [5.74, 6) is -1.27. The highest BCUT2D eigenvalue weighted by Gasteiger charge is 2.15. The van der Waals surface area contributed by atoms with Crippen molar-refractivity contribution in [2.45, 2.75) is 13.8 Å². The van der Waals surface area contributed by atoms with Crippen LogP contribution in [0.25, 0.3) is 5.69 Å². The number of benzene rings is 1. The van der Waals surface area contributed by atoms with Crippen LogP contribution in [0.4, 0.5) is 5.69 Å². The Morgan fingerprint density at radius 2 is 1.89 bits per heavy atom.